The van der Waals surface area contributed by atoms with Crippen molar-refractivity contribution in [2.45, 2.75) is 43.0 Å². The zero-order valence-corrected chi connectivity index (χ0v) is 17.9. The van der Waals surface area contributed by atoms with Gasteiger partial charge in [0.1, 0.15) is 5.76 Å². The average Bonchev–Trinajstić information content (AvgIpc) is 3.41. The molecule has 1 aliphatic rings. The lowest BCUT2D eigenvalue weighted by molar-refractivity contribution is 0.0994. The predicted molar refractivity (Wildman–Crippen MR) is 116 cm³/mol. The number of aromatic nitrogens is 3. The molecule has 0 bridgehead atoms. The quantitative estimate of drug-likeness (QED) is 0.515. The summed E-state index contributed by atoms with van der Waals surface area (Å²) in [5, 5.41) is 3.71. The molecule has 0 unspecified atom stereocenters. The van der Waals surface area contributed by atoms with Crippen molar-refractivity contribution in [1.29, 1.82) is 0 Å². The highest BCUT2D eigenvalue weighted by Crippen LogP contribution is 2.28. The average molecular weight is 427 g/mol. The van der Waals surface area contributed by atoms with Crippen LogP contribution in [0.15, 0.2) is 52.4 Å². The molecule has 0 aromatic carbocycles. The highest BCUT2D eigenvalue weighted by Gasteiger charge is 2.18. The number of thioether (sulfide) groups is 1. The Morgan fingerprint density at radius 3 is 2.90 bits per heavy atom. The molecule has 0 saturated heterocycles. The molecule has 0 spiro atoms. The van der Waals surface area contributed by atoms with Gasteiger partial charge >= 0.3 is 0 Å². The number of pyridine rings is 1. The van der Waals surface area contributed by atoms with Gasteiger partial charge in [-0.3, -0.25) is 4.79 Å². The lowest BCUT2D eigenvalue weighted by atomic mass is 9.90. The van der Waals surface area contributed by atoms with Gasteiger partial charge < -0.3 is 19.0 Å². The maximum atomic E-state index is 12.6. The van der Waals surface area contributed by atoms with Gasteiger partial charge in [-0.15, -0.1) is 0 Å². The first kappa shape index (κ1) is 20.5. The molecule has 0 radical (unpaired) electrons. The molecule has 1 saturated carbocycles. The topological polar surface area (TPSA) is 82.2 Å². The molecule has 0 atom stereocenters. The number of aryl methyl sites for hydroxylation is 1. The second kappa shape index (κ2) is 9.84. The second-order valence-electron chi connectivity index (χ2n) is 7.49. The maximum absolute atomic E-state index is 12.6. The highest BCUT2D eigenvalue weighted by molar-refractivity contribution is 7.98. The molecule has 4 rings (SSSR count). The van der Waals surface area contributed by atoms with Crippen LogP contribution in [0.3, 0.4) is 0 Å². The fourth-order valence-corrected chi connectivity index (χ4v) is 4.36. The summed E-state index contributed by atoms with van der Waals surface area (Å²) in [4.78, 5) is 21.2. The third-order valence-corrected chi connectivity index (χ3v) is 6.29. The Morgan fingerprint density at radius 2 is 2.10 bits per heavy atom. The van der Waals surface area contributed by atoms with E-state index in [2.05, 4.69) is 15.3 Å². The van der Waals surface area contributed by atoms with E-state index in [0.717, 1.165) is 5.16 Å². The Kier molecular flexibility index (Phi) is 6.74. The summed E-state index contributed by atoms with van der Waals surface area (Å²) in [6.45, 7) is 0.657. The summed E-state index contributed by atoms with van der Waals surface area (Å²) < 4.78 is 13.6. The van der Waals surface area contributed by atoms with Crippen LogP contribution in [0.1, 0.15) is 48.4 Å². The van der Waals surface area contributed by atoms with Crippen LogP contribution in [-0.4, -0.2) is 27.0 Å². The smallest absolute Gasteiger partial charge is 0.292 e. The number of nitrogens with zero attached hydrogens (tertiary/aromatic N) is 3. The summed E-state index contributed by atoms with van der Waals surface area (Å²) in [7, 11) is 1.94. The molecular formula is C22H26N4O3S. The molecule has 158 valence electrons. The lowest BCUT2D eigenvalue weighted by Gasteiger charge is -2.22. The molecule has 8 heteroatoms. The van der Waals surface area contributed by atoms with Gasteiger partial charge in [0.15, 0.2) is 22.5 Å². The summed E-state index contributed by atoms with van der Waals surface area (Å²) in [6, 6.07) is 7.13. The zero-order chi connectivity index (χ0) is 20.8. The number of hydrogen-bond acceptors (Lipinski definition) is 6. The van der Waals surface area contributed by atoms with E-state index in [9.17, 15) is 4.79 Å². The number of ether oxygens (including phenoxy) is 1. The molecule has 7 nitrogen and oxygen atoms in total. The molecule has 1 N–H and O–H groups in total. The zero-order valence-electron chi connectivity index (χ0n) is 17.0. The summed E-state index contributed by atoms with van der Waals surface area (Å²) in [5.74, 6) is 2.79. The number of carbonyl (C=O) groups excluding carboxylic acids is 1. The van der Waals surface area contributed by atoms with Crippen molar-refractivity contribution >= 4 is 23.5 Å². The Hall–Kier alpha value is -2.74. The molecule has 1 aliphatic carbocycles. The molecule has 3 aromatic rings. The predicted octanol–water partition coefficient (Wildman–Crippen LogP) is 4.91. The van der Waals surface area contributed by atoms with E-state index >= 15 is 0 Å². The maximum Gasteiger partial charge on any atom is 0.292 e. The van der Waals surface area contributed by atoms with Gasteiger partial charge in [0.2, 0.25) is 0 Å². The molecule has 0 aliphatic heterocycles. The number of amides is 1. The van der Waals surface area contributed by atoms with E-state index in [1.165, 1.54) is 32.1 Å². The van der Waals surface area contributed by atoms with E-state index in [0.29, 0.717) is 35.6 Å². The summed E-state index contributed by atoms with van der Waals surface area (Å²) in [6.07, 6.45) is 11.5. The molecule has 3 aromatic heterocycles. The number of rotatable bonds is 8. The van der Waals surface area contributed by atoms with Gasteiger partial charge in [0, 0.05) is 25.6 Å². The van der Waals surface area contributed by atoms with Crippen molar-refractivity contribution in [1.82, 2.24) is 14.5 Å². The lowest BCUT2D eigenvalue weighted by Crippen LogP contribution is -2.17. The monoisotopic (exact) mass is 426 g/mol. The normalized spacial score (nSPS) is 14.6. The van der Waals surface area contributed by atoms with E-state index in [-0.39, 0.29) is 11.7 Å². The second-order valence-corrected chi connectivity index (χ2v) is 8.44. The minimum Gasteiger partial charge on any atom is -0.489 e. The van der Waals surface area contributed by atoms with Crippen LogP contribution >= 0.6 is 11.8 Å². The van der Waals surface area contributed by atoms with Crippen molar-refractivity contribution in [3.63, 3.8) is 0 Å². The van der Waals surface area contributed by atoms with Gasteiger partial charge in [-0.1, -0.05) is 31.0 Å². The number of hydrogen-bond donors (Lipinski definition) is 1. The van der Waals surface area contributed by atoms with Gasteiger partial charge in [-0.2, -0.15) is 0 Å². The largest absolute Gasteiger partial charge is 0.489 e. The Bertz CT molecular complexity index is 978. The van der Waals surface area contributed by atoms with Gasteiger partial charge in [-0.25, -0.2) is 9.97 Å². The van der Waals surface area contributed by atoms with E-state index in [4.69, 9.17) is 9.15 Å². The van der Waals surface area contributed by atoms with Gasteiger partial charge in [0.05, 0.1) is 12.4 Å². The van der Waals surface area contributed by atoms with Crippen LogP contribution < -0.4 is 10.1 Å². The fourth-order valence-electron chi connectivity index (χ4n) is 3.54. The van der Waals surface area contributed by atoms with E-state index in [1.807, 2.05) is 36.0 Å². The molecule has 1 fully saturated rings. The van der Waals surface area contributed by atoms with Crippen LogP contribution in [0.5, 0.6) is 5.75 Å². The van der Waals surface area contributed by atoms with Crippen molar-refractivity contribution in [2.24, 2.45) is 13.0 Å². The number of furan rings is 1. The number of anilines is 1. The molecular weight excluding hydrogens is 400 g/mol. The van der Waals surface area contributed by atoms with Gasteiger partial charge in [-0.05, 0) is 43.0 Å². The van der Waals surface area contributed by atoms with Crippen LogP contribution in [0.25, 0.3) is 0 Å². The van der Waals surface area contributed by atoms with E-state index < -0.39 is 0 Å². The third-order valence-electron chi connectivity index (χ3n) is 5.21. The number of nitrogens with one attached hydrogen (secondary N) is 1. The fraction of sp³-hybridized carbons (Fsp3) is 0.409. The minimum absolute atomic E-state index is 0.245. The van der Waals surface area contributed by atoms with Crippen molar-refractivity contribution in [2.75, 3.05) is 11.9 Å². The first-order valence-corrected chi connectivity index (χ1v) is 11.3. The first-order chi connectivity index (χ1) is 14.7. The Labute approximate surface area is 180 Å². The number of imidazole rings is 1. The van der Waals surface area contributed by atoms with Crippen LogP contribution in [0.4, 0.5) is 5.82 Å². The Balaban J connectivity index is 1.34. The third kappa shape index (κ3) is 5.24. The van der Waals surface area contributed by atoms with Crippen LogP contribution in [-0.2, 0) is 12.8 Å². The molecule has 3 heterocycles. The van der Waals surface area contributed by atoms with Crippen molar-refractivity contribution < 1.29 is 13.9 Å². The summed E-state index contributed by atoms with van der Waals surface area (Å²) in [5.41, 5.74) is 0. The summed E-state index contributed by atoms with van der Waals surface area (Å²) >= 11 is 1.55. The number of carbonyl (C=O) groups is 1. The minimum atomic E-state index is -0.343. The van der Waals surface area contributed by atoms with Crippen LogP contribution in [0, 0.1) is 5.92 Å². The molecule has 1 amide bonds. The highest BCUT2D eigenvalue weighted by atomic mass is 32.2. The molecule has 30 heavy (non-hydrogen) atoms. The SMILES string of the molecule is Cn1ccnc1SCc1ccc(C(=O)Nc2ncccc2OCC2CCCCC2)o1. The van der Waals surface area contributed by atoms with E-state index in [1.54, 1.807) is 30.2 Å². The standard InChI is InChI=1S/C22H26N4O3S/c1-26-13-12-24-22(26)30-15-17-9-10-19(29-17)21(27)25-20-18(8-5-11-23-20)28-14-16-6-3-2-4-7-16/h5,8-13,16H,2-4,6-7,14-15H2,1H3,(H,23,25,27). The van der Waals surface area contributed by atoms with Crippen molar-refractivity contribution in [3.8, 4) is 5.75 Å². The van der Waals surface area contributed by atoms with Crippen molar-refractivity contribution in [3.05, 3.63) is 54.4 Å². The Morgan fingerprint density at radius 1 is 1.23 bits per heavy atom. The van der Waals surface area contributed by atoms with Crippen LogP contribution in [0.2, 0.25) is 0 Å². The van der Waals surface area contributed by atoms with Gasteiger partial charge in [0.25, 0.3) is 5.91 Å². The first-order valence-electron chi connectivity index (χ1n) is 10.3.